The highest BCUT2D eigenvalue weighted by Crippen LogP contribution is 2.35. The maximum absolute atomic E-state index is 4.90. The Hall–Kier alpha value is -3.53. The topological polar surface area (TPSA) is 54.5 Å². The first-order chi connectivity index (χ1) is 13.2. The predicted molar refractivity (Wildman–Crippen MR) is 110 cm³/mol. The van der Waals surface area contributed by atoms with Gasteiger partial charge >= 0.3 is 0 Å². The Morgan fingerprint density at radius 2 is 1.48 bits per heavy atom. The van der Waals surface area contributed by atoms with E-state index < -0.39 is 0 Å². The predicted octanol–water partition coefficient (Wildman–Crippen LogP) is 5.46. The third-order valence-electron chi connectivity index (χ3n) is 5.05. The van der Waals surface area contributed by atoms with E-state index in [9.17, 15) is 0 Å². The minimum Gasteiger partial charge on any atom is -0.338 e. The van der Waals surface area contributed by atoms with Gasteiger partial charge in [-0.05, 0) is 43.2 Å². The quantitative estimate of drug-likeness (QED) is 0.460. The van der Waals surface area contributed by atoms with Crippen LogP contribution in [0.2, 0.25) is 0 Å². The first kappa shape index (κ1) is 15.7. The van der Waals surface area contributed by atoms with Crippen molar-refractivity contribution in [3.05, 3.63) is 77.9 Å². The van der Waals surface area contributed by atoms with Crippen LogP contribution in [0.1, 0.15) is 11.1 Å². The van der Waals surface area contributed by atoms with E-state index in [1.807, 2.05) is 36.4 Å². The van der Waals surface area contributed by atoms with Crippen LogP contribution >= 0.6 is 0 Å². The Bertz CT molecular complexity index is 1250. The third kappa shape index (κ3) is 2.57. The van der Waals surface area contributed by atoms with E-state index in [-0.39, 0.29) is 0 Å². The van der Waals surface area contributed by atoms with Gasteiger partial charge < -0.3 is 4.98 Å². The molecule has 0 saturated heterocycles. The van der Waals surface area contributed by atoms with Gasteiger partial charge in [0.25, 0.3) is 0 Å². The number of aryl methyl sites for hydroxylation is 2. The Balaban J connectivity index is 1.86. The van der Waals surface area contributed by atoms with Crippen LogP contribution < -0.4 is 0 Å². The molecule has 4 heteroatoms. The van der Waals surface area contributed by atoms with Crippen LogP contribution in [0.15, 0.2) is 66.7 Å². The van der Waals surface area contributed by atoms with Gasteiger partial charge in [0.2, 0.25) is 0 Å². The Morgan fingerprint density at radius 1 is 0.741 bits per heavy atom. The molecule has 5 aromatic rings. The van der Waals surface area contributed by atoms with Gasteiger partial charge in [-0.25, -0.2) is 4.98 Å². The zero-order valence-electron chi connectivity index (χ0n) is 15.2. The minimum absolute atomic E-state index is 0.819. The van der Waals surface area contributed by atoms with Crippen LogP contribution in [-0.4, -0.2) is 20.2 Å². The van der Waals surface area contributed by atoms with Crippen molar-refractivity contribution in [2.24, 2.45) is 0 Å². The summed E-state index contributed by atoms with van der Waals surface area (Å²) in [4.78, 5) is 8.40. The van der Waals surface area contributed by atoms with E-state index in [4.69, 9.17) is 4.98 Å². The fourth-order valence-electron chi connectivity index (χ4n) is 3.48. The summed E-state index contributed by atoms with van der Waals surface area (Å²) < 4.78 is 0. The third-order valence-corrected chi connectivity index (χ3v) is 5.05. The van der Waals surface area contributed by atoms with E-state index in [1.165, 1.54) is 11.1 Å². The molecule has 0 aliphatic heterocycles. The number of H-pyrrole nitrogens is 1. The molecule has 0 aliphatic carbocycles. The van der Waals surface area contributed by atoms with E-state index in [2.05, 4.69) is 59.4 Å². The minimum atomic E-state index is 0.819. The molecule has 4 nitrogen and oxygen atoms in total. The first-order valence-corrected chi connectivity index (χ1v) is 8.99. The summed E-state index contributed by atoms with van der Waals surface area (Å²) in [5.74, 6) is 0.819. The largest absolute Gasteiger partial charge is 0.338 e. The molecule has 2 aromatic heterocycles. The summed E-state index contributed by atoms with van der Waals surface area (Å²) in [5.41, 5.74) is 8.19. The van der Waals surface area contributed by atoms with Crippen LogP contribution in [0.25, 0.3) is 44.6 Å². The van der Waals surface area contributed by atoms with Crippen molar-refractivity contribution >= 4 is 21.9 Å². The maximum atomic E-state index is 4.90. The van der Waals surface area contributed by atoms with Gasteiger partial charge in [-0.15, -0.1) is 10.2 Å². The van der Waals surface area contributed by atoms with Gasteiger partial charge in [0.15, 0.2) is 0 Å². The molecule has 0 atom stereocenters. The second-order valence-corrected chi connectivity index (χ2v) is 6.85. The zero-order chi connectivity index (χ0) is 18.4. The van der Waals surface area contributed by atoms with Crippen LogP contribution in [0.3, 0.4) is 0 Å². The summed E-state index contributed by atoms with van der Waals surface area (Å²) in [6, 6.07) is 22.5. The summed E-state index contributed by atoms with van der Waals surface area (Å²) in [5, 5.41) is 10.0. The molecule has 1 N–H and O–H groups in total. The molecule has 0 fully saturated rings. The molecule has 2 heterocycles. The van der Waals surface area contributed by atoms with Gasteiger partial charge in [0.1, 0.15) is 11.5 Å². The fourth-order valence-corrected chi connectivity index (χ4v) is 3.48. The molecule has 0 amide bonds. The summed E-state index contributed by atoms with van der Waals surface area (Å²) in [6.07, 6.45) is 0. The smallest absolute Gasteiger partial charge is 0.141 e. The number of hydrogen-bond acceptors (Lipinski definition) is 3. The number of nitrogens with one attached hydrogen (secondary N) is 1. The van der Waals surface area contributed by atoms with Crippen LogP contribution in [0.4, 0.5) is 0 Å². The fraction of sp³-hybridized carbons (Fsp3) is 0.0870. The monoisotopic (exact) mass is 350 g/mol. The number of rotatable bonds is 2. The lowest BCUT2D eigenvalue weighted by Gasteiger charge is -2.09. The van der Waals surface area contributed by atoms with Gasteiger partial charge in [-0.3, -0.25) is 0 Å². The van der Waals surface area contributed by atoms with Crippen molar-refractivity contribution in [1.82, 2.24) is 20.2 Å². The van der Waals surface area contributed by atoms with Gasteiger partial charge in [0, 0.05) is 10.9 Å². The standard InChI is InChI=1S/C23H18N4/c1-14-12-19-20(13-15(14)2)25-23(24-19)21-17-10-6-7-11-18(17)26-27-22(21)16-8-4-3-5-9-16/h3-13H,1-2H3,(H,24,25). The summed E-state index contributed by atoms with van der Waals surface area (Å²) in [6.45, 7) is 4.23. The molecule has 0 saturated carbocycles. The first-order valence-electron chi connectivity index (χ1n) is 8.99. The SMILES string of the molecule is Cc1cc2nc(-c3c(-c4ccccc4)nnc4ccccc34)[nH]c2cc1C. The highest BCUT2D eigenvalue weighted by molar-refractivity contribution is 6.00. The highest BCUT2D eigenvalue weighted by atomic mass is 15.1. The lowest BCUT2D eigenvalue weighted by molar-refractivity contribution is 1.08. The molecule has 130 valence electrons. The summed E-state index contributed by atoms with van der Waals surface area (Å²) in [7, 11) is 0. The number of benzene rings is 3. The molecule has 5 rings (SSSR count). The van der Waals surface area contributed by atoms with E-state index in [0.717, 1.165) is 44.6 Å². The van der Waals surface area contributed by atoms with Crippen molar-refractivity contribution in [1.29, 1.82) is 0 Å². The molecule has 0 bridgehead atoms. The molecule has 0 unspecified atom stereocenters. The molecular formula is C23H18N4. The lowest BCUT2D eigenvalue weighted by atomic mass is 10.0. The number of aromatic nitrogens is 4. The second kappa shape index (κ2) is 6.02. The number of fused-ring (bicyclic) bond motifs is 2. The number of hydrogen-bond donors (Lipinski definition) is 1. The van der Waals surface area contributed by atoms with Gasteiger partial charge in [-0.2, -0.15) is 0 Å². The molecule has 0 aliphatic rings. The van der Waals surface area contributed by atoms with Crippen molar-refractivity contribution < 1.29 is 0 Å². The lowest BCUT2D eigenvalue weighted by Crippen LogP contribution is -1.96. The second-order valence-electron chi connectivity index (χ2n) is 6.85. The molecule has 3 aromatic carbocycles. The average Bonchev–Trinajstić information content (AvgIpc) is 3.10. The van der Waals surface area contributed by atoms with Gasteiger partial charge in [0.05, 0.1) is 22.1 Å². The number of aromatic amines is 1. The number of imidazole rings is 1. The van der Waals surface area contributed by atoms with Crippen LogP contribution in [0.5, 0.6) is 0 Å². The molecular weight excluding hydrogens is 332 g/mol. The molecule has 0 radical (unpaired) electrons. The molecule has 27 heavy (non-hydrogen) atoms. The van der Waals surface area contributed by atoms with Crippen molar-refractivity contribution in [2.45, 2.75) is 13.8 Å². The zero-order valence-corrected chi connectivity index (χ0v) is 15.2. The van der Waals surface area contributed by atoms with E-state index in [0.29, 0.717) is 0 Å². The number of nitrogens with zero attached hydrogens (tertiary/aromatic N) is 3. The highest BCUT2D eigenvalue weighted by Gasteiger charge is 2.17. The van der Waals surface area contributed by atoms with Crippen molar-refractivity contribution in [3.63, 3.8) is 0 Å². The van der Waals surface area contributed by atoms with Crippen molar-refractivity contribution in [3.8, 4) is 22.6 Å². The average molecular weight is 350 g/mol. The van der Waals surface area contributed by atoms with Gasteiger partial charge in [-0.1, -0.05) is 48.5 Å². The van der Waals surface area contributed by atoms with E-state index >= 15 is 0 Å². The normalized spacial score (nSPS) is 11.3. The Kier molecular flexibility index (Phi) is 3.50. The van der Waals surface area contributed by atoms with Crippen molar-refractivity contribution in [2.75, 3.05) is 0 Å². The molecule has 0 spiro atoms. The summed E-state index contributed by atoms with van der Waals surface area (Å²) >= 11 is 0. The van der Waals surface area contributed by atoms with Crippen LogP contribution in [0, 0.1) is 13.8 Å². The Morgan fingerprint density at radius 3 is 2.33 bits per heavy atom. The van der Waals surface area contributed by atoms with Crippen LogP contribution in [-0.2, 0) is 0 Å². The maximum Gasteiger partial charge on any atom is 0.141 e. The van der Waals surface area contributed by atoms with E-state index in [1.54, 1.807) is 0 Å². The Labute approximate surface area is 156 Å².